The van der Waals surface area contributed by atoms with Crippen molar-refractivity contribution in [1.82, 2.24) is 20.0 Å². The number of carbonyl (C=O) groups excluding carboxylic acids is 4. The lowest BCUT2D eigenvalue weighted by Crippen LogP contribution is -2.49. The van der Waals surface area contributed by atoms with E-state index in [-0.39, 0.29) is 48.9 Å². The van der Waals surface area contributed by atoms with Crippen LogP contribution in [-0.2, 0) is 28.7 Å². The second-order valence-electron chi connectivity index (χ2n) is 15.7. The molecule has 2 aliphatic rings. The molecule has 1 saturated heterocycles. The molecule has 0 aromatic carbocycles. The Morgan fingerprint density at radius 2 is 1.50 bits per heavy atom. The molecule has 9 unspecified atom stereocenters. The first kappa shape index (κ1) is 57.3. The molecule has 4 N–H and O–H groups in total. The predicted octanol–water partition coefficient (Wildman–Crippen LogP) is 6.23. The van der Waals surface area contributed by atoms with Gasteiger partial charge in [-0.1, -0.05) is 73.1 Å². The summed E-state index contributed by atoms with van der Waals surface area (Å²) in [6.07, 6.45) is 10.4. The second-order valence-corrected chi connectivity index (χ2v) is 15.7. The number of nitrogens with zero attached hydrogens (tertiary/aromatic N) is 3. The Hall–Kier alpha value is -3.06. The number of allylic oxidation sites excluding steroid dienone is 2. The van der Waals surface area contributed by atoms with Crippen LogP contribution in [0, 0.1) is 23.7 Å². The van der Waals surface area contributed by atoms with Gasteiger partial charge in [0.1, 0.15) is 0 Å². The summed E-state index contributed by atoms with van der Waals surface area (Å²) in [7, 11) is 9.47. The Bertz CT molecular complexity index is 1120. The van der Waals surface area contributed by atoms with E-state index in [9.17, 15) is 19.5 Å². The number of carbonyl (C=O) groups is 4. The lowest BCUT2D eigenvalue weighted by atomic mass is 9.91. The molecule has 10 atom stereocenters. The maximum Gasteiger partial charge on any atom is 0.223 e. The fourth-order valence-corrected chi connectivity index (χ4v) is 6.87. The number of aliphatic hydroxyl groups excluding tert-OH is 1. The molecule has 4 amide bonds. The third-order valence-electron chi connectivity index (χ3n) is 10.8. The molecule has 12 heteroatoms. The van der Waals surface area contributed by atoms with Crippen LogP contribution in [0.3, 0.4) is 0 Å². The average Bonchev–Trinajstić information content (AvgIpc) is 3.84. The molecular formula is C44H85N5O7. The van der Waals surface area contributed by atoms with Gasteiger partial charge in [-0.3, -0.25) is 19.2 Å². The number of likely N-dealkylation sites (N-methyl/N-ethyl adjacent to an activating group) is 1. The number of hydrogen-bond acceptors (Lipinski definition) is 8. The summed E-state index contributed by atoms with van der Waals surface area (Å²) in [5, 5.41) is 13.2. The summed E-state index contributed by atoms with van der Waals surface area (Å²) in [5.74, 6) is 2.24. The molecule has 1 heterocycles. The number of primary amides is 1. The summed E-state index contributed by atoms with van der Waals surface area (Å²) in [4.78, 5) is 50.5. The van der Waals surface area contributed by atoms with Gasteiger partial charge in [0.25, 0.3) is 0 Å². The number of likely N-dealkylation sites (tertiary alicyclic amines) is 1. The molecule has 1 saturated carbocycles. The highest BCUT2D eigenvalue weighted by Crippen LogP contribution is 2.48. The topological polar surface area (TPSA) is 155 Å². The first-order chi connectivity index (χ1) is 26.3. The zero-order valence-corrected chi connectivity index (χ0v) is 38.3. The minimum absolute atomic E-state index is 0.0358. The number of methoxy groups -OCH3 is 2. The van der Waals surface area contributed by atoms with Crippen LogP contribution in [-0.4, -0.2) is 128 Å². The molecule has 1 aliphatic carbocycles. The smallest absolute Gasteiger partial charge is 0.223 e. The number of nitrogens with one attached hydrogen (secondary N) is 1. The Morgan fingerprint density at radius 1 is 0.946 bits per heavy atom. The summed E-state index contributed by atoms with van der Waals surface area (Å²) < 4.78 is 11.1. The van der Waals surface area contributed by atoms with Crippen molar-refractivity contribution in [3.8, 4) is 0 Å². The van der Waals surface area contributed by atoms with Gasteiger partial charge in [-0.2, -0.15) is 0 Å². The minimum Gasteiger partial charge on any atom is -0.386 e. The van der Waals surface area contributed by atoms with Crippen LogP contribution in [0.5, 0.6) is 0 Å². The second kappa shape index (κ2) is 32.0. The molecule has 2 fully saturated rings. The molecule has 0 aromatic heterocycles. The van der Waals surface area contributed by atoms with E-state index in [0.717, 1.165) is 43.6 Å². The molecule has 0 radical (unpaired) electrons. The van der Waals surface area contributed by atoms with Gasteiger partial charge in [0, 0.05) is 39.8 Å². The highest BCUT2D eigenvalue weighted by atomic mass is 16.5. The molecule has 2 rings (SSSR count). The molecule has 328 valence electrons. The number of ether oxygens (including phenoxy) is 2. The average molecular weight is 796 g/mol. The van der Waals surface area contributed by atoms with Crippen molar-refractivity contribution >= 4 is 24.6 Å². The van der Waals surface area contributed by atoms with Crippen LogP contribution in [0.25, 0.3) is 0 Å². The number of amides is 4. The molecule has 12 nitrogen and oxygen atoms in total. The lowest BCUT2D eigenvalue weighted by molar-refractivity contribution is -0.137. The van der Waals surface area contributed by atoms with Crippen LogP contribution in [0.1, 0.15) is 115 Å². The van der Waals surface area contributed by atoms with Gasteiger partial charge in [0.05, 0.1) is 42.9 Å². The van der Waals surface area contributed by atoms with Crippen molar-refractivity contribution in [3.63, 3.8) is 0 Å². The normalized spacial score (nSPS) is 20.8. The largest absolute Gasteiger partial charge is 0.386 e. The van der Waals surface area contributed by atoms with Crippen molar-refractivity contribution in [1.29, 1.82) is 0 Å². The fraction of sp³-hybridized carbons (Fsp3) is 0.773. The van der Waals surface area contributed by atoms with Crippen LogP contribution >= 0.6 is 0 Å². The summed E-state index contributed by atoms with van der Waals surface area (Å²) in [6.45, 7) is 28.9. The monoisotopic (exact) mass is 796 g/mol. The number of fused-ring (bicyclic) bond motifs is 1. The van der Waals surface area contributed by atoms with Gasteiger partial charge in [-0.05, 0) is 90.3 Å². The molecular weight excluding hydrogens is 711 g/mol. The molecule has 0 spiro atoms. The molecule has 0 bridgehead atoms. The van der Waals surface area contributed by atoms with Crippen LogP contribution in [0.2, 0.25) is 0 Å². The van der Waals surface area contributed by atoms with Gasteiger partial charge >= 0.3 is 0 Å². The lowest BCUT2D eigenvalue weighted by Gasteiger charge is -2.37. The Morgan fingerprint density at radius 3 is 1.86 bits per heavy atom. The number of rotatable bonds is 19. The van der Waals surface area contributed by atoms with Gasteiger partial charge in [0.2, 0.25) is 24.6 Å². The molecule has 0 aromatic rings. The third-order valence-corrected chi connectivity index (χ3v) is 10.8. The van der Waals surface area contributed by atoms with E-state index in [0.29, 0.717) is 36.3 Å². The third kappa shape index (κ3) is 20.9. The van der Waals surface area contributed by atoms with E-state index in [2.05, 4.69) is 98.6 Å². The van der Waals surface area contributed by atoms with Crippen molar-refractivity contribution in [2.45, 2.75) is 163 Å². The van der Waals surface area contributed by atoms with E-state index in [1.165, 1.54) is 0 Å². The van der Waals surface area contributed by atoms with Gasteiger partial charge < -0.3 is 40.3 Å². The van der Waals surface area contributed by atoms with Gasteiger partial charge in [-0.15, -0.1) is 13.2 Å². The Kier molecular flexibility index (Phi) is 32.7. The van der Waals surface area contributed by atoms with Crippen molar-refractivity contribution in [2.75, 3.05) is 35.4 Å². The van der Waals surface area contributed by atoms with Gasteiger partial charge in [-0.25, -0.2) is 0 Å². The van der Waals surface area contributed by atoms with E-state index in [1.54, 1.807) is 21.1 Å². The minimum atomic E-state index is -0.767. The summed E-state index contributed by atoms with van der Waals surface area (Å²) in [6, 6.07) is 0.770. The quantitative estimate of drug-likeness (QED) is 0.0791. The molecule has 1 aliphatic heterocycles. The maximum absolute atomic E-state index is 12.4. The van der Waals surface area contributed by atoms with E-state index >= 15 is 0 Å². The molecule has 56 heavy (non-hydrogen) atoms. The maximum atomic E-state index is 12.4. The van der Waals surface area contributed by atoms with Crippen LogP contribution < -0.4 is 11.1 Å². The van der Waals surface area contributed by atoms with Crippen LogP contribution in [0.15, 0.2) is 37.0 Å². The zero-order valence-electron chi connectivity index (χ0n) is 38.3. The van der Waals surface area contributed by atoms with Crippen molar-refractivity contribution in [3.05, 3.63) is 37.0 Å². The zero-order chi connectivity index (χ0) is 44.3. The number of hydrogen-bond donors (Lipinski definition) is 3. The SMILES string of the molecule is C/C=C\C(=C/C)C(O)[C@@H](C)NC(=O)CC(OC)C1CC2CC2N1C=O.C=C.CC(C)C(C)N(C)C.CCC(C)C(C(CC)OC)N(C)C(=O)CC(C)C.NC=O. The van der Waals surface area contributed by atoms with E-state index in [4.69, 9.17) is 14.3 Å². The Balaban J connectivity index is -0.000000789. The predicted molar refractivity (Wildman–Crippen MR) is 232 cm³/mol. The first-order valence-electron chi connectivity index (χ1n) is 20.4. The number of nitrogens with two attached hydrogens (primary N) is 1. The highest BCUT2D eigenvalue weighted by molar-refractivity contribution is 5.77. The van der Waals surface area contributed by atoms with Crippen molar-refractivity contribution in [2.24, 2.45) is 29.4 Å². The van der Waals surface area contributed by atoms with Crippen molar-refractivity contribution < 1.29 is 33.8 Å². The van der Waals surface area contributed by atoms with E-state index in [1.807, 2.05) is 48.9 Å². The standard InChI is InChI=1S/C19H30N2O4.C15H31NO2.C7H17N.C2H4.CH3NO/c1-5-7-13(6-2)19(24)12(3)20-18(23)10-17(25-4)16-9-14-8-15(14)21(16)11-22;1-8-12(5)15(13(9-2)18-7)16(6)14(17)10-11(3)4;1-6(2)7(3)8(4)5;1-2;2-1-3/h5-7,11-12,14-17,19,24H,8-10H2,1-4H3,(H,20,23);11-13,15H,8-10H2,1-7H3;6-7H,1-5H3;1-2H2;1H,(H2,2,3)/b7-5-,13-6+;;;;/t12-,14?,15?,16?,17?,19?;;;;/m1..../s1. The first-order valence-corrected chi connectivity index (χ1v) is 20.4. The Labute approximate surface area is 342 Å². The summed E-state index contributed by atoms with van der Waals surface area (Å²) in [5.41, 5.74) is 4.93. The van der Waals surface area contributed by atoms with Crippen LogP contribution in [0.4, 0.5) is 0 Å². The summed E-state index contributed by atoms with van der Waals surface area (Å²) >= 11 is 0. The van der Waals surface area contributed by atoms with E-state index < -0.39 is 12.1 Å². The fourth-order valence-electron chi connectivity index (χ4n) is 6.87. The number of aliphatic hydroxyl groups is 1. The van der Waals surface area contributed by atoms with Gasteiger partial charge in [0.15, 0.2) is 0 Å². The number of piperidine rings is 1. The highest BCUT2D eigenvalue weighted by Gasteiger charge is 2.53.